The van der Waals surface area contributed by atoms with Gasteiger partial charge in [0.2, 0.25) is 0 Å². The summed E-state index contributed by atoms with van der Waals surface area (Å²) in [5.74, 6) is 1.47. The fraction of sp³-hybridized carbons (Fsp3) is 0.214. The molecule has 2 aromatic rings. The van der Waals surface area contributed by atoms with Crippen LogP contribution in [0.1, 0.15) is 12.5 Å². The average Bonchev–Trinajstić information content (AvgIpc) is 2.42. The predicted octanol–water partition coefficient (Wildman–Crippen LogP) is 2.68. The summed E-state index contributed by atoms with van der Waals surface area (Å²) < 4.78 is 5.51. The molecule has 0 bridgehead atoms. The summed E-state index contributed by atoms with van der Waals surface area (Å²) in [6.45, 7) is 3.12. The van der Waals surface area contributed by atoms with Crippen LogP contribution in [0.4, 0.5) is 11.5 Å². The second-order valence-electron chi connectivity index (χ2n) is 3.81. The van der Waals surface area contributed by atoms with E-state index in [9.17, 15) is 0 Å². The van der Waals surface area contributed by atoms with Crippen LogP contribution in [0.15, 0.2) is 42.6 Å². The van der Waals surface area contributed by atoms with Crippen LogP contribution in [-0.4, -0.2) is 11.6 Å². The number of rotatable bonds is 5. The molecule has 0 atom stereocenters. The number of pyridine rings is 1. The monoisotopic (exact) mass is 243 g/mol. The third kappa shape index (κ3) is 2.99. The molecule has 0 amide bonds. The van der Waals surface area contributed by atoms with E-state index in [1.54, 1.807) is 6.20 Å². The molecule has 1 heterocycles. The molecule has 0 unspecified atom stereocenters. The van der Waals surface area contributed by atoms with Crippen LogP contribution < -0.4 is 15.8 Å². The molecular weight excluding hydrogens is 226 g/mol. The van der Waals surface area contributed by atoms with E-state index in [1.807, 2.05) is 43.3 Å². The number of hydrogen-bond acceptors (Lipinski definition) is 4. The highest BCUT2D eigenvalue weighted by Crippen LogP contribution is 2.24. The zero-order valence-corrected chi connectivity index (χ0v) is 10.4. The minimum atomic E-state index is 0.550. The van der Waals surface area contributed by atoms with Crippen molar-refractivity contribution in [1.82, 2.24) is 4.98 Å². The maximum atomic E-state index is 5.56. The zero-order valence-electron chi connectivity index (χ0n) is 10.4. The van der Waals surface area contributed by atoms with E-state index in [0.717, 1.165) is 22.8 Å². The number of nitrogens with zero attached hydrogens (tertiary/aromatic N) is 1. The average molecular weight is 243 g/mol. The van der Waals surface area contributed by atoms with Gasteiger partial charge in [-0.15, -0.1) is 0 Å². The summed E-state index contributed by atoms with van der Waals surface area (Å²) in [7, 11) is 0. The maximum absolute atomic E-state index is 5.56. The Labute approximate surface area is 107 Å². The first-order valence-corrected chi connectivity index (χ1v) is 5.97. The normalized spacial score (nSPS) is 10.1. The van der Waals surface area contributed by atoms with Crippen molar-refractivity contribution in [2.45, 2.75) is 13.5 Å². The van der Waals surface area contributed by atoms with Crippen LogP contribution in [0.2, 0.25) is 0 Å². The molecule has 0 aliphatic carbocycles. The highest BCUT2D eigenvalue weighted by Gasteiger charge is 2.04. The highest BCUT2D eigenvalue weighted by atomic mass is 16.5. The Morgan fingerprint density at radius 2 is 2.00 bits per heavy atom. The standard InChI is InChI=1S/C14H17N3O/c1-2-18-13-4-3-9-16-14(13)17-12-7-5-11(10-15)6-8-12/h3-9H,2,10,15H2,1H3,(H,16,17). The molecule has 0 aliphatic rings. The van der Waals surface area contributed by atoms with Crippen molar-refractivity contribution in [2.24, 2.45) is 5.73 Å². The van der Waals surface area contributed by atoms with Crippen molar-refractivity contribution < 1.29 is 4.74 Å². The molecule has 2 rings (SSSR count). The number of ether oxygens (including phenoxy) is 1. The van der Waals surface area contributed by atoms with Gasteiger partial charge in [-0.1, -0.05) is 12.1 Å². The molecule has 18 heavy (non-hydrogen) atoms. The van der Waals surface area contributed by atoms with E-state index >= 15 is 0 Å². The van der Waals surface area contributed by atoms with Gasteiger partial charge in [0.25, 0.3) is 0 Å². The molecule has 0 saturated carbocycles. The van der Waals surface area contributed by atoms with Crippen LogP contribution >= 0.6 is 0 Å². The molecule has 0 radical (unpaired) electrons. The number of aromatic nitrogens is 1. The Balaban J connectivity index is 2.17. The van der Waals surface area contributed by atoms with Gasteiger partial charge in [0.15, 0.2) is 11.6 Å². The Morgan fingerprint density at radius 1 is 1.22 bits per heavy atom. The molecule has 0 saturated heterocycles. The fourth-order valence-corrected chi connectivity index (χ4v) is 1.62. The summed E-state index contributed by atoms with van der Waals surface area (Å²) in [6.07, 6.45) is 1.74. The second kappa shape index (κ2) is 6.02. The number of nitrogens with two attached hydrogens (primary N) is 1. The Morgan fingerprint density at radius 3 is 2.67 bits per heavy atom. The number of benzene rings is 1. The van der Waals surface area contributed by atoms with Crippen molar-refractivity contribution in [3.8, 4) is 5.75 Å². The van der Waals surface area contributed by atoms with E-state index < -0.39 is 0 Å². The van der Waals surface area contributed by atoms with Gasteiger partial charge in [-0.25, -0.2) is 4.98 Å². The minimum absolute atomic E-state index is 0.550. The van der Waals surface area contributed by atoms with E-state index in [0.29, 0.717) is 13.2 Å². The number of anilines is 2. The first kappa shape index (κ1) is 12.4. The van der Waals surface area contributed by atoms with Crippen molar-refractivity contribution in [1.29, 1.82) is 0 Å². The molecule has 1 aromatic heterocycles. The first-order chi connectivity index (χ1) is 8.83. The van der Waals surface area contributed by atoms with Crippen LogP contribution in [0.5, 0.6) is 5.75 Å². The van der Waals surface area contributed by atoms with Gasteiger partial charge in [0.05, 0.1) is 6.61 Å². The summed E-state index contributed by atoms with van der Waals surface area (Å²) in [5, 5.41) is 3.23. The van der Waals surface area contributed by atoms with Gasteiger partial charge in [-0.3, -0.25) is 0 Å². The summed E-state index contributed by atoms with van der Waals surface area (Å²) in [4.78, 5) is 4.27. The summed E-state index contributed by atoms with van der Waals surface area (Å²) >= 11 is 0. The lowest BCUT2D eigenvalue weighted by molar-refractivity contribution is 0.341. The quantitative estimate of drug-likeness (QED) is 0.847. The number of hydrogen-bond donors (Lipinski definition) is 2. The van der Waals surface area contributed by atoms with E-state index in [2.05, 4.69) is 10.3 Å². The molecule has 3 N–H and O–H groups in total. The maximum Gasteiger partial charge on any atom is 0.173 e. The van der Waals surface area contributed by atoms with Gasteiger partial charge in [0.1, 0.15) is 0 Å². The second-order valence-corrected chi connectivity index (χ2v) is 3.81. The lowest BCUT2D eigenvalue weighted by atomic mass is 10.2. The van der Waals surface area contributed by atoms with E-state index in [1.165, 1.54) is 0 Å². The van der Waals surface area contributed by atoms with E-state index in [-0.39, 0.29) is 0 Å². The summed E-state index contributed by atoms with van der Waals surface area (Å²) in [5.41, 5.74) is 7.63. The Hall–Kier alpha value is -2.07. The predicted molar refractivity (Wildman–Crippen MR) is 73.0 cm³/mol. The Kier molecular flexibility index (Phi) is 4.15. The van der Waals surface area contributed by atoms with Gasteiger partial charge >= 0.3 is 0 Å². The van der Waals surface area contributed by atoms with Gasteiger partial charge in [-0.2, -0.15) is 0 Å². The van der Waals surface area contributed by atoms with Crippen LogP contribution in [-0.2, 0) is 6.54 Å². The molecular formula is C14H17N3O. The van der Waals surface area contributed by atoms with E-state index in [4.69, 9.17) is 10.5 Å². The molecule has 0 fully saturated rings. The first-order valence-electron chi connectivity index (χ1n) is 5.97. The van der Waals surface area contributed by atoms with Crippen molar-refractivity contribution in [3.05, 3.63) is 48.2 Å². The largest absolute Gasteiger partial charge is 0.490 e. The van der Waals surface area contributed by atoms with Crippen LogP contribution in [0.25, 0.3) is 0 Å². The lowest BCUT2D eigenvalue weighted by Gasteiger charge is -2.11. The third-order valence-electron chi connectivity index (χ3n) is 2.52. The molecule has 1 aromatic carbocycles. The number of nitrogens with one attached hydrogen (secondary N) is 1. The SMILES string of the molecule is CCOc1cccnc1Nc1ccc(CN)cc1. The van der Waals surface area contributed by atoms with Crippen molar-refractivity contribution >= 4 is 11.5 Å². The van der Waals surface area contributed by atoms with Crippen molar-refractivity contribution in [2.75, 3.05) is 11.9 Å². The van der Waals surface area contributed by atoms with Gasteiger partial charge in [0, 0.05) is 18.4 Å². The molecule has 4 heteroatoms. The van der Waals surface area contributed by atoms with Crippen LogP contribution in [0, 0.1) is 0 Å². The molecule has 0 spiro atoms. The molecule has 94 valence electrons. The lowest BCUT2D eigenvalue weighted by Crippen LogP contribution is -2.00. The topological polar surface area (TPSA) is 60.2 Å². The molecule has 0 aliphatic heterocycles. The minimum Gasteiger partial charge on any atom is -0.490 e. The highest BCUT2D eigenvalue weighted by molar-refractivity contribution is 5.62. The van der Waals surface area contributed by atoms with Gasteiger partial charge in [-0.05, 0) is 36.8 Å². The zero-order chi connectivity index (χ0) is 12.8. The van der Waals surface area contributed by atoms with Gasteiger partial charge < -0.3 is 15.8 Å². The smallest absolute Gasteiger partial charge is 0.173 e. The third-order valence-corrected chi connectivity index (χ3v) is 2.52. The van der Waals surface area contributed by atoms with Crippen molar-refractivity contribution in [3.63, 3.8) is 0 Å². The van der Waals surface area contributed by atoms with Crippen LogP contribution in [0.3, 0.4) is 0 Å². The Bertz CT molecular complexity index is 497. The fourth-order valence-electron chi connectivity index (χ4n) is 1.62. The summed E-state index contributed by atoms with van der Waals surface area (Å²) in [6, 6.07) is 11.7. The molecule has 4 nitrogen and oxygen atoms in total.